The standard InChI is InChI=1S/C27H31N3O4/c1-4-30(5-2)19-11-12-22-24(17-19)34-25-18-23(20-9-7-8-10-21(20)27(25)29-22)28-26(31)13-14-33-16-15-32-6-3/h7-12,17-18H,4-6,13-16H2,1-3H3/p+1. The van der Waals surface area contributed by atoms with Crippen LogP contribution in [-0.2, 0) is 14.3 Å². The third-order valence-corrected chi connectivity index (χ3v) is 5.83. The molecular weight excluding hydrogens is 430 g/mol. The van der Waals surface area contributed by atoms with Crippen LogP contribution >= 0.6 is 0 Å². The van der Waals surface area contributed by atoms with Crippen molar-refractivity contribution in [2.75, 3.05) is 44.8 Å². The molecule has 0 saturated heterocycles. The Bertz CT molecular complexity index is 1320. The predicted octanol–water partition coefficient (Wildman–Crippen LogP) is 4.28. The van der Waals surface area contributed by atoms with Gasteiger partial charge in [-0.15, -0.1) is 0 Å². The molecule has 0 bridgehead atoms. The van der Waals surface area contributed by atoms with Crippen molar-refractivity contribution in [2.24, 2.45) is 0 Å². The van der Waals surface area contributed by atoms with Gasteiger partial charge in [0.1, 0.15) is 24.3 Å². The van der Waals surface area contributed by atoms with Crippen molar-refractivity contribution >= 4 is 33.5 Å². The average molecular weight is 463 g/mol. The maximum absolute atomic E-state index is 12.6. The highest BCUT2D eigenvalue weighted by atomic mass is 16.5. The SMILES string of the molecule is CCOCCOCCC(=O)Nc1cc2oc3cc(=[N+](CC)CC)ccc-3nc2c2ccccc12. The Morgan fingerprint density at radius 3 is 2.50 bits per heavy atom. The average Bonchev–Trinajstić information content (AvgIpc) is 2.86. The first-order valence-corrected chi connectivity index (χ1v) is 11.9. The maximum Gasteiger partial charge on any atom is 0.226 e. The summed E-state index contributed by atoms with van der Waals surface area (Å²) in [6.45, 7) is 10.1. The minimum absolute atomic E-state index is 0.113. The van der Waals surface area contributed by atoms with Crippen LogP contribution in [0.1, 0.15) is 27.2 Å². The van der Waals surface area contributed by atoms with Gasteiger partial charge in [-0.2, -0.15) is 0 Å². The van der Waals surface area contributed by atoms with E-state index in [4.69, 9.17) is 18.9 Å². The number of hydrogen-bond acceptors (Lipinski definition) is 5. The van der Waals surface area contributed by atoms with E-state index in [0.29, 0.717) is 43.5 Å². The number of carbonyl (C=O) groups excluding carboxylic acids is 1. The Labute approximate surface area is 199 Å². The van der Waals surface area contributed by atoms with Crippen LogP contribution in [0.3, 0.4) is 0 Å². The van der Waals surface area contributed by atoms with E-state index < -0.39 is 0 Å². The minimum Gasteiger partial charge on any atom is -0.452 e. The molecule has 0 saturated carbocycles. The van der Waals surface area contributed by atoms with Crippen LogP contribution in [0.2, 0.25) is 0 Å². The van der Waals surface area contributed by atoms with Crippen LogP contribution in [0.4, 0.5) is 5.69 Å². The lowest BCUT2D eigenvalue weighted by Crippen LogP contribution is -2.29. The number of nitrogens with zero attached hydrogens (tertiary/aromatic N) is 2. The molecule has 0 unspecified atom stereocenters. The largest absolute Gasteiger partial charge is 0.452 e. The number of rotatable bonds is 10. The topological polar surface area (TPSA) is 76.6 Å². The first-order valence-electron chi connectivity index (χ1n) is 11.9. The second kappa shape index (κ2) is 11.2. The Kier molecular flexibility index (Phi) is 7.87. The van der Waals surface area contributed by atoms with Gasteiger partial charge in [0.25, 0.3) is 0 Å². The Morgan fingerprint density at radius 2 is 1.74 bits per heavy atom. The molecule has 178 valence electrons. The molecule has 0 fully saturated rings. The summed E-state index contributed by atoms with van der Waals surface area (Å²) < 4.78 is 19.3. The molecule has 1 aliphatic carbocycles. The molecule has 7 heteroatoms. The van der Waals surface area contributed by atoms with Crippen LogP contribution in [0.15, 0.2) is 52.9 Å². The second-order valence-electron chi connectivity index (χ2n) is 7.96. The number of ether oxygens (including phenoxy) is 2. The van der Waals surface area contributed by atoms with E-state index in [1.165, 1.54) is 0 Å². The summed E-state index contributed by atoms with van der Waals surface area (Å²) in [6.07, 6.45) is 0.263. The summed E-state index contributed by atoms with van der Waals surface area (Å²) in [6, 6.07) is 15.9. The third-order valence-electron chi connectivity index (χ3n) is 5.83. The molecule has 0 atom stereocenters. The number of aromatic nitrogens is 1. The predicted molar refractivity (Wildman–Crippen MR) is 135 cm³/mol. The highest BCUT2D eigenvalue weighted by Crippen LogP contribution is 2.34. The lowest BCUT2D eigenvalue weighted by atomic mass is 10.1. The molecule has 2 aromatic carbocycles. The van der Waals surface area contributed by atoms with Gasteiger partial charge in [0.05, 0.1) is 38.0 Å². The monoisotopic (exact) mass is 462 g/mol. The van der Waals surface area contributed by atoms with Crippen molar-refractivity contribution in [1.82, 2.24) is 9.56 Å². The second-order valence-corrected chi connectivity index (χ2v) is 7.96. The van der Waals surface area contributed by atoms with Crippen molar-refractivity contribution in [3.8, 4) is 11.5 Å². The van der Waals surface area contributed by atoms with E-state index in [-0.39, 0.29) is 12.3 Å². The first kappa shape index (κ1) is 23.9. The van der Waals surface area contributed by atoms with Crippen LogP contribution in [0.25, 0.3) is 33.3 Å². The fourth-order valence-electron chi connectivity index (χ4n) is 4.07. The summed E-state index contributed by atoms with van der Waals surface area (Å²) in [4.78, 5) is 17.5. The van der Waals surface area contributed by atoms with Crippen LogP contribution in [-0.4, -0.2) is 50.4 Å². The highest BCUT2D eigenvalue weighted by molar-refractivity contribution is 6.12. The lowest BCUT2D eigenvalue weighted by Gasteiger charge is -2.13. The Balaban J connectivity index is 1.68. The van der Waals surface area contributed by atoms with Gasteiger partial charge < -0.3 is 19.2 Å². The molecule has 0 aromatic heterocycles. The number of carbonyl (C=O) groups is 1. The van der Waals surface area contributed by atoms with E-state index in [1.807, 2.05) is 49.4 Å². The number of hydrogen-bond donors (Lipinski definition) is 1. The summed E-state index contributed by atoms with van der Waals surface area (Å²) in [7, 11) is 0. The Morgan fingerprint density at radius 1 is 0.971 bits per heavy atom. The maximum atomic E-state index is 12.6. The number of anilines is 1. The molecule has 2 aromatic rings. The van der Waals surface area contributed by atoms with Gasteiger partial charge in [-0.25, -0.2) is 9.56 Å². The van der Waals surface area contributed by atoms with Crippen molar-refractivity contribution in [3.05, 3.63) is 53.9 Å². The molecule has 1 N–H and O–H groups in total. The highest BCUT2D eigenvalue weighted by Gasteiger charge is 2.16. The number of nitrogens with one attached hydrogen (secondary N) is 1. The minimum atomic E-state index is -0.113. The van der Waals surface area contributed by atoms with Gasteiger partial charge in [0.2, 0.25) is 11.3 Å². The quantitative estimate of drug-likeness (QED) is 0.165. The molecule has 2 aliphatic rings. The fourth-order valence-corrected chi connectivity index (χ4v) is 4.07. The van der Waals surface area contributed by atoms with Crippen molar-refractivity contribution in [2.45, 2.75) is 27.2 Å². The normalized spacial score (nSPS) is 11.4. The molecule has 0 radical (unpaired) electrons. The summed E-state index contributed by atoms with van der Waals surface area (Å²) in [5.41, 5.74) is 2.91. The molecular formula is C27H32N3O4+. The lowest BCUT2D eigenvalue weighted by molar-refractivity contribution is -0.117. The van der Waals surface area contributed by atoms with E-state index in [1.54, 1.807) is 0 Å². The van der Waals surface area contributed by atoms with Gasteiger partial charge >= 0.3 is 0 Å². The van der Waals surface area contributed by atoms with Gasteiger partial charge in [-0.1, -0.05) is 24.3 Å². The first-order chi connectivity index (χ1) is 16.6. The number of amides is 1. The Hall–Kier alpha value is -3.29. The number of fused-ring (bicyclic) bond motifs is 4. The van der Waals surface area contributed by atoms with E-state index in [9.17, 15) is 4.79 Å². The summed E-state index contributed by atoms with van der Waals surface area (Å²) in [5, 5.41) is 5.98. The molecule has 1 amide bonds. The van der Waals surface area contributed by atoms with Gasteiger partial charge in [0, 0.05) is 29.5 Å². The van der Waals surface area contributed by atoms with Crippen molar-refractivity contribution < 1.29 is 18.7 Å². The fraction of sp³-hybridized carbons (Fsp3) is 0.370. The van der Waals surface area contributed by atoms with E-state index in [0.717, 1.165) is 40.4 Å². The van der Waals surface area contributed by atoms with Crippen molar-refractivity contribution in [1.29, 1.82) is 0 Å². The van der Waals surface area contributed by atoms with E-state index in [2.05, 4.69) is 29.8 Å². The molecule has 0 spiro atoms. The molecule has 1 aliphatic heterocycles. The van der Waals surface area contributed by atoms with Gasteiger partial charge in [0.15, 0.2) is 11.3 Å². The van der Waals surface area contributed by atoms with Crippen LogP contribution < -0.4 is 15.2 Å². The van der Waals surface area contributed by atoms with Gasteiger partial charge in [-0.05, 0) is 26.8 Å². The van der Waals surface area contributed by atoms with Crippen LogP contribution in [0, 0.1) is 0 Å². The zero-order valence-corrected chi connectivity index (χ0v) is 20.1. The van der Waals surface area contributed by atoms with Crippen molar-refractivity contribution in [3.63, 3.8) is 0 Å². The zero-order chi connectivity index (χ0) is 23.9. The van der Waals surface area contributed by atoms with Gasteiger partial charge in [-0.3, -0.25) is 4.79 Å². The number of benzene rings is 3. The van der Waals surface area contributed by atoms with E-state index >= 15 is 0 Å². The molecule has 4 rings (SSSR count). The summed E-state index contributed by atoms with van der Waals surface area (Å²) in [5.74, 6) is 0.602. The molecule has 34 heavy (non-hydrogen) atoms. The zero-order valence-electron chi connectivity index (χ0n) is 20.1. The van der Waals surface area contributed by atoms with Crippen LogP contribution in [0.5, 0.6) is 0 Å². The molecule has 7 nitrogen and oxygen atoms in total. The molecule has 1 heterocycles. The third kappa shape index (κ3) is 5.26. The smallest absolute Gasteiger partial charge is 0.226 e. The summed E-state index contributed by atoms with van der Waals surface area (Å²) >= 11 is 0.